The molecule has 1 aromatic carbocycles. The Labute approximate surface area is 111 Å². The highest BCUT2D eigenvalue weighted by Crippen LogP contribution is 2.35. The van der Waals surface area contributed by atoms with Crippen molar-refractivity contribution < 1.29 is 9.15 Å². The van der Waals surface area contributed by atoms with Gasteiger partial charge < -0.3 is 14.9 Å². The van der Waals surface area contributed by atoms with Gasteiger partial charge in [0.05, 0.1) is 0 Å². The molecular formula is C14H17N3O2. The fraction of sp³-hybridized carbons (Fsp3) is 0.429. The molecular weight excluding hydrogens is 242 g/mol. The summed E-state index contributed by atoms with van der Waals surface area (Å²) >= 11 is 0. The molecule has 0 aliphatic carbocycles. The lowest BCUT2D eigenvalue weighted by molar-refractivity contribution is -0.00626. The Bertz CT molecular complexity index is 547. The number of nitrogens with two attached hydrogens (primary N) is 1. The second kappa shape index (κ2) is 4.75. The summed E-state index contributed by atoms with van der Waals surface area (Å²) in [5.41, 5.74) is 6.63. The molecule has 19 heavy (non-hydrogen) atoms. The average molecular weight is 259 g/mol. The largest absolute Gasteiger partial charge is 0.420 e. The summed E-state index contributed by atoms with van der Waals surface area (Å²) in [6.07, 6.45) is 1.91. The number of hydrogen-bond donors (Lipinski definition) is 1. The Balaban J connectivity index is 1.85. The maximum Gasteiger partial charge on any atom is 0.248 e. The zero-order valence-electron chi connectivity index (χ0n) is 10.9. The lowest BCUT2D eigenvalue weighted by Gasteiger charge is -2.17. The fourth-order valence-corrected chi connectivity index (χ4v) is 2.32. The van der Waals surface area contributed by atoms with E-state index in [0.717, 1.165) is 25.0 Å². The van der Waals surface area contributed by atoms with Crippen LogP contribution in [0.2, 0.25) is 0 Å². The van der Waals surface area contributed by atoms with E-state index in [-0.39, 0.29) is 0 Å². The second-order valence-electron chi connectivity index (χ2n) is 5.02. The molecule has 0 amide bonds. The standard InChI is InChI=1S/C14H17N3O2/c1-14(8-5-9-18-14)13-17-16-12(19-13)11(15)10-6-3-2-4-7-10/h2-4,6-7,11H,5,8-9,15H2,1H3. The van der Waals surface area contributed by atoms with Gasteiger partial charge in [0, 0.05) is 6.61 Å². The van der Waals surface area contributed by atoms with Crippen molar-refractivity contribution in [2.75, 3.05) is 6.61 Å². The summed E-state index contributed by atoms with van der Waals surface area (Å²) < 4.78 is 11.4. The van der Waals surface area contributed by atoms with E-state index in [2.05, 4.69) is 10.2 Å². The normalized spacial score (nSPS) is 24.5. The van der Waals surface area contributed by atoms with Crippen LogP contribution in [0, 0.1) is 0 Å². The van der Waals surface area contributed by atoms with Gasteiger partial charge in [-0.1, -0.05) is 30.3 Å². The van der Waals surface area contributed by atoms with E-state index in [0.29, 0.717) is 11.8 Å². The zero-order valence-corrected chi connectivity index (χ0v) is 10.9. The maximum absolute atomic E-state index is 6.13. The summed E-state index contributed by atoms with van der Waals surface area (Å²) in [6, 6.07) is 9.32. The van der Waals surface area contributed by atoms with Crippen LogP contribution in [0.25, 0.3) is 0 Å². The predicted octanol–water partition coefficient (Wildman–Crippen LogP) is 2.14. The molecule has 1 saturated heterocycles. The van der Waals surface area contributed by atoms with Crippen LogP contribution >= 0.6 is 0 Å². The molecule has 100 valence electrons. The highest BCUT2D eigenvalue weighted by atomic mass is 16.5. The van der Waals surface area contributed by atoms with Gasteiger partial charge in [-0.2, -0.15) is 0 Å². The summed E-state index contributed by atoms with van der Waals surface area (Å²) in [5, 5.41) is 8.16. The average Bonchev–Trinajstić information content (AvgIpc) is 3.08. The molecule has 0 radical (unpaired) electrons. The molecule has 1 aliphatic rings. The van der Waals surface area contributed by atoms with E-state index in [1.54, 1.807) is 0 Å². The van der Waals surface area contributed by atoms with Crippen LogP contribution < -0.4 is 5.73 Å². The highest BCUT2D eigenvalue weighted by molar-refractivity contribution is 5.22. The first-order valence-electron chi connectivity index (χ1n) is 6.47. The minimum Gasteiger partial charge on any atom is -0.420 e. The molecule has 2 atom stereocenters. The fourth-order valence-electron chi connectivity index (χ4n) is 2.32. The number of aromatic nitrogens is 2. The SMILES string of the molecule is CC1(c2nnc(C(N)c3ccccc3)o2)CCCO1. The third-order valence-electron chi connectivity index (χ3n) is 3.54. The van der Waals surface area contributed by atoms with Crippen molar-refractivity contribution in [1.82, 2.24) is 10.2 Å². The van der Waals surface area contributed by atoms with Gasteiger partial charge in [0.2, 0.25) is 11.8 Å². The zero-order chi connectivity index (χ0) is 13.3. The summed E-state index contributed by atoms with van der Waals surface area (Å²) in [4.78, 5) is 0. The van der Waals surface area contributed by atoms with Crippen molar-refractivity contribution in [1.29, 1.82) is 0 Å². The topological polar surface area (TPSA) is 74.2 Å². The van der Waals surface area contributed by atoms with Gasteiger partial charge in [-0.15, -0.1) is 10.2 Å². The Kier molecular flexibility index (Phi) is 3.08. The molecule has 0 spiro atoms. The van der Waals surface area contributed by atoms with Crippen molar-refractivity contribution >= 4 is 0 Å². The van der Waals surface area contributed by atoms with Gasteiger partial charge in [-0.25, -0.2) is 0 Å². The monoisotopic (exact) mass is 259 g/mol. The molecule has 0 saturated carbocycles. The van der Waals surface area contributed by atoms with Crippen molar-refractivity contribution in [3.05, 3.63) is 47.7 Å². The van der Waals surface area contributed by atoms with Gasteiger partial charge in [0.25, 0.3) is 0 Å². The Hall–Kier alpha value is -1.72. The van der Waals surface area contributed by atoms with Gasteiger partial charge in [-0.05, 0) is 25.3 Å². The van der Waals surface area contributed by atoms with Crippen molar-refractivity contribution in [2.45, 2.75) is 31.4 Å². The molecule has 2 aromatic rings. The highest BCUT2D eigenvalue weighted by Gasteiger charge is 2.37. The molecule has 0 bridgehead atoms. The first kappa shape index (κ1) is 12.3. The molecule has 2 unspecified atom stereocenters. The second-order valence-corrected chi connectivity index (χ2v) is 5.02. The number of benzene rings is 1. The van der Waals surface area contributed by atoms with Crippen molar-refractivity contribution in [3.8, 4) is 0 Å². The third-order valence-corrected chi connectivity index (χ3v) is 3.54. The smallest absolute Gasteiger partial charge is 0.248 e. The van der Waals surface area contributed by atoms with Gasteiger partial charge in [-0.3, -0.25) is 0 Å². The quantitative estimate of drug-likeness (QED) is 0.914. The summed E-state index contributed by atoms with van der Waals surface area (Å²) in [6.45, 7) is 2.71. The minimum absolute atomic E-state index is 0.396. The maximum atomic E-state index is 6.13. The Morgan fingerprint density at radius 2 is 2.05 bits per heavy atom. The van der Waals surface area contributed by atoms with E-state index < -0.39 is 11.6 Å². The van der Waals surface area contributed by atoms with Crippen molar-refractivity contribution in [2.24, 2.45) is 5.73 Å². The van der Waals surface area contributed by atoms with Crippen LogP contribution in [-0.4, -0.2) is 16.8 Å². The summed E-state index contributed by atoms with van der Waals surface area (Å²) in [7, 11) is 0. The van der Waals surface area contributed by atoms with Crippen LogP contribution in [-0.2, 0) is 10.3 Å². The van der Waals surface area contributed by atoms with Gasteiger partial charge >= 0.3 is 0 Å². The van der Waals surface area contributed by atoms with Crippen molar-refractivity contribution in [3.63, 3.8) is 0 Å². The molecule has 5 nitrogen and oxygen atoms in total. The first-order chi connectivity index (χ1) is 9.19. The molecule has 2 heterocycles. The van der Waals surface area contributed by atoms with E-state index in [1.165, 1.54) is 0 Å². The van der Waals surface area contributed by atoms with E-state index in [1.807, 2.05) is 37.3 Å². The van der Waals surface area contributed by atoms with E-state index in [4.69, 9.17) is 14.9 Å². The van der Waals surface area contributed by atoms with Crippen LogP contribution in [0.3, 0.4) is 0 Å². The van der Waals surface area contributed by atoms with Gasteiger partial charge in [0.1, 0.15) is 11.6 Å². The molecule has 3 rings (SSSR count). The van der Waals surface area contributed by atoms with Crippen LogP contribution in [0.1, 0.15) is 43.2 Å². The number of ether oxygens (including phenoxy) is 1. The molecule has 2 N–H and O–H groups in total. The molecule has 1 aliphatic heterocycles. The Morgan fingerprint density at radius 3 is 2.74 bits per heavy atom. The van der Waals surface area contributed by atoms with Crippen LogP contribution in [0.4, 0.5) is 0 Å². The van der Waals surface area contributed by atoms with Crippen LogP contribution in [0.5, 0.6) is 0 Å². The molecule has 1 aromatic heterocycles. The molecule has 5 heteroatoms. The Morgan fingerprint density at radius 1 is 1.26 bits per heavy atom. The van der Waals surface area contributed by atoms with E-state index in [9.17, 15) is 0 Å². The van der Waals surface area contributed by atoms with Crippen LogP contribution in [0.15, 0.2) is 34.7 Å². The predicted molar refractivity (Wildman–Crippen MR) is 69.3 cm³/mol. The number of nitrogens with zero attached hydrogens (tertiary/aromatic N) is 2. The summed E-state index contributed by atoms with van der Waals surface area (Å²) in [5.74, 6) is 0.948. The minimum atomic E-state index is -0.457. The lowest BCUT2D eigenvalue weighted by Crippen LogP contribution is -2.20. The first-order valence-corrected chi connectivity index (χ1v) is 6.47. The molecule has 1 fully saturated rings. The third kappa shape index (κ3) is 2.27. The number of hydrogen-bond acceptors (Lipinski definition) is 5. The lowest BCUT2D eigenvalue weighted by atomic mass is 10.0. The number of rotatable bonds is 3. The van der Waals surface area contributed by atoms with E-state index >= 15 is 0 Å². The van der Waals surface area contributed by atoms with Gasteiger partial charge in [0.15, 0.2) is 0 Å².